The molecule has 2 saturated heterocycles. The summed E-state index contributed by atoms with van der Waals surface area (Å²) in [5.41, 5.74) is 2.30. The molecule has 0 radical (unpaired) electrons. The van der Waals surface area contributed by atoms with Crippen LogP contribution in [0.5, 0.6) is 0 Å². The Balaban J connectivity index is 1.38. The minimum Gasteiger partial charge on any atom is -0.348 e. The van der Waals surface area contributed by atoms with E-state index >= 15 is 0 Å². The minimum atomic E-state index is -1.01. The summed E-state index contributed by atoms with van der Waals surface area (Å²) in [5.74, 6) is -0.00175. The number of hydrogen-bond donors (Lipinski definition) is 1. The van der Waals surface area contributed by atoms with Crippen molar-refractivity contribution in [3.8, 4) is 5.69 Å². The zero-order valence-corrected chi connectivity index (χ0v) is 17.8. The van der Waals surface area contributed by atoms with E-state index in [1.807, 2.05) is 34.9 Å². The number of fused-ring (bicyclic) bond motifs is 1. The second kappa shape index (κ2) is 7.75. The Morgan fingerprint density at radius 2 is 1.83 bits per heavy atom. The van der Waals surface area contributed by atoms with Crippen molar-refractivity contribution in [2.45, 2.75) is 62.3 Å². The molecule has 5 nitrogen and oxygen atoms in total. The average Bonchev–Trinajstić information content (AvgIpc) is 3.17. The molecule has 2 fully saturated rings. The van der Waals surface area contributed by atoms with Crippen LogP contribution in [-0.4, -0.2) is 34.6 Å². The van der Waals surface area contributed by atoms with Crippen molar-refractivity contribution in [1.82, 2.24) is 19.9 Å². The molecule has 0 atom stereocenters. The van der Waals surface area contributed by atoms with Gasteiger partial charge in [-0.1, -0.05) is 43.4 Å². The van der Waals surface area contributed by atoms with E-state index in [-0.39, 0.29) is 5.91 Å². The van der Waals surface area contributed by atoms with E-state index in [1.54, 1.807) is 18.6 Å². The van der Waals surface area contributed by atoms with Gasteiger partial charge in [0.1, 0.15) is 11.3 Å². The third-order valence-corrected chi connectivity index (χ3v) is 12.5. The van der Waals surface area contributed by atoms with E-state index in [2.05, 4.69) is 15.3 Å². The molecule has 1 amide bonds. The number of pyridine rings is 2. The Bertz CT molecular complexity index is 1000. The molecule has 0 saturated carbocycles. The van der Waals surface area contributed by atoms with Gasteiger partial charge in [0.2, 0.25) is 0 Å². The van der Waals surface area contributed by atoms with Crippen LogP contribution in [0.15, 0.2) is 48.9 Å². The van der Waals surface area contributed by atoms with Gasteiger partial charge in [-0.2, -0.15) is 0 Å². The van der Waals surface area contributed by atoms with Gasteiger partial charge in [0.15, 0.2) is 0 Å². The highest BCUT2D eigenvalue weighted by atomic mass is 28.3. The molecule has 3 aromatic rings. The molecule has 3 aromatic heterocycles. The number of carbonyl (C=O) groups excluding carboxylic acids is 1. The Hall–Kier alpha value is -2.47. The Morgan fingerprint density at radius 1 is 1.03 bits per heavy atom. The molecular weight excluding hydrogens is 376 g/mol. The van der Waals surface area contributed by atoms with Crippen LogP contribution < -0.4 is 5.32 Å². The van der Waals surface area contributed by atoms with Crippen LogP contribution in [0, 0.1) is 0 Å². The highest BCUT2D eigenvalue weighted by molar-refractivity contribution is 6.80. The van der Waals surface area contributed by atoms with Crippen molar-refractivity contribution in [1.29, 1.82) is 0 Å². The number of rotatable bonds is 3. The number of amides is 1. The monoisotopic (exact) mass is 404 g/mol. The molecule has 1 spiro atoms. The number of nitrogens with zero attached hydrogens (tertiary/aromatic N) is 3. The van der Waals surface area contributed by atoms with Crippen LogP contribution in [0.1, 0.15) is 42.6 Å². The van der Waals surface area contributed by atoms with E-state index in [0.717, 1.165) is 29.6 Å². The van der Waals surface area contributed by atoms with Gasteiger partial charge < -0.3 is 5.32 Å². The lowest BCUT2D eigenvalue weighted by Gasteiger charge is -2.41. The van der Waals surface area contributed by atoms with E-state index in [0.29, 0.717) is 11.7 Å². The summed E-state index contributed by atoms with van der Waals surface area (Å²) in [6.07, 6.45) is 11.9. The molecule has 5 heterocycles. The first kappa shape index (κ1) is 18.5. The molecule has 150 valence electrons. The molecule has 29 heavy (non-hydrogen) atoms. The molecule has 2 aliphatic heterocycles. The van der Waals surface area contributed by atoms with Crippen molar-refractivity contribution >= 4 is 25.0 Å². The molecule has 0 unspecified atom stereocenters. The first-order valence-corrected chi connectivity index (χ1v) is 13.7. The second-order valence-electron chi connectivity index (χ2n) is 8.80. The number of hydrogen-bond acceptors (Lipinski definition) is 3. The fourth-order valence-corrected chi connectivity index (χ4v) is 10.8. The Labute approximate surface area is 172 Å². The molecule has 0 bridgehead atoms. The SMILES string of the molecule is O=C(NC1CC[Si]2(CCCCC2)CC1)c1cc2cccnc2n1-c1cccnc1. The first-order valence-electron chi connectivity index (χ1n) is 10.9. The second-order valence-corrected chi connectivity index (χ2v) is 13.8. The van der Waals surface area contributed by atoms with Crippen molar-refractivity contribution < 1.29 is 4.79 Å². The van der Waals surface area contributed by atoms with Gasteiger partial charge in [-0.15, -0.1) is 0 Å². The lowest BCUT2D eigenvalue weighted by atomic mass is 10.1. The lowest BCUT2D eigenvalue weighted by molar-refractivity contribution is 0.0927. The van der Waals surface area contributed by atoms with Crippen LogP contribution in [0.2, 0.25) is 24.2 Å². The van der Waals surface area contributed by atoms with E-state index in [4.69, 9.17) is 0 Å². The zero-order valence-electron chi connectivity index (χ0n) is 16.8. The molecule has 1 N–H and O–H groups in total. The third-order valence-electron chi connectivity index (χ3n) is 6.99. The van der Waals surface area contributed by atoms with Crippen LogP contribution in [0.4, 0.5) is 0 Å². The standard InChI is InChI=1S/C23H28N4OSi/c28-23(26-19-8-14-29(15-9-19)12-2-1-3-13-29)21-16-18-6-4-11-25-22(18)27(21)20-7-5-10-24-17-20/h4-7,10-11,16-17,19H,1-3,8-9,12-15H2,(H,26,28). The van der Waals surface area contributed by atoms with Crippen LogP contribution in [0.3, 0.4) is 0 Å². The average molecular weight is 405 g/mol. The Morgan fingerprint density at radius 3 is 2.59 bits per heavy atom. The van der Waals surface area contributed by atoms with E-state index in [1.165, 1.54) is 43.4 Å². The van der Waals surface area contributed by atoms with Crippen LogP contribution in [-0.2, 0) is 0 Å². The van der Waals surface area contributed by atoms with Gasteiger partial charge in [0, 0.05) is 23.8 Å². The van der Waals surface area contributed by atoms with Crippen molar-refractivity contribution in [2.24, 2.45) is 0 Å². The van der Waals surface area contributed by atoms with Gasteiger partial charge in [0.25, 0.3) is 5.91 Å². The number of aromatic nitrogens is 3. The fraction of sp³-hybridized carbons (Fsp3) is 0.435. The molecule has 0 aromatic carbocycles. The number of carbonyl (C=O) groups is 1. The maximum atomic E-state index is 13.3. The smallest absolute Gasteiger partial charge is 0.268 e. The van der Waals surface area contributed by atoms with Crippen molar-refractivity contribution in [3.05, 3.63) is 54.6 Å². The van der Waals surface area contributed by atoms with Gasteiger partial charge in [-0.3, -0.25) is 14.3 Å². The molecule has 0 aliphatic carbocycles. The summed E-state index contributed by atoms with van der Waals surface area (Å²) in [5, 5.41) is 4.31. The normalized spacial score (nSPS) is 19.4. The largest absolute Gasteiger partial charge is 0.348 e. The third kappa shape index (κ3) is 3.61. The summed E-state index contributed by atoms with van der Waals surface area (Å²) in [4.78, 5) is 22.0. The van der Waals surface area contributed by atoms with Crippen molar-refractivity contribution in [3.63, 3.8) is 0 Å². The first-order chi connectivity index (χ1) is 14.2. The summed E-state index contributed by atoms with van der Waals surface area (Å²) in [6, 6.07) is 15.9. The van der Waals surface area contributed by atoms with Crippen molar-refractivity contribution in [2.75, 3.05) is 0 Å². The van der Waals surface area contributed by atoms with Gasteiger partial charge in [-0.05, 0) is 43.2 Å². The predicted octanol–water partition coefficient (Wildman–Crippen LogP) is 4.95. The minimum absolute atomic E-state index is 0.00175. The van der Waals surface area contributed by atoms with Crippen LogP contribution >= 0.6 is 0 Å². The van der Waals surface area contributed by atoms with Gasteiger partial charge in [-0.25, -0.2) is 4.98 Å². The fourth-order valence-electron chi connectivity index (χ4n) is 5.38. The summed E-state index contributed by atoms with van der Waals surface area (Å²) in [6.45, 7) is 0. The maximum Gasteiger partial charge on any atom is 0.268 e. The predicted molar refractivity (Wildman–Crippen MR) is 118 cm³/mol. The molecular formula is C23H28N4OSi. The highest BCUT2D eigenvalue weighted by Crippen LogP contribution is 2.41. The highest BCUT2D eigenvalue weighted by Gasteiger charge is 2.38. The summed E-state index contributed by atoms with van der Waals surface area (Å²) < 4.78 is 1.93. The van der Waals surface area contributed by atoms with Crippen LogP contribution in [0.25, 0.3) is 16.7 Å². The zero-order chi connectivity index (χ0) is 19.7. The van der Waals surface area contributed by atoms with Gasteiger partial charge >= 0.3 is 0 Å². The van der Waals surface area contributed by atoms with Gasteiger partial charge in [0.05, 0.1) is 20.0 Å². The van der Waals surface area contributed by atoms with E-state index in [9.17, 15) is 4.79 Å². The van der Waals surface area contributed by atoms with E-state index < -0.39 is 8.07 Å². The lowest BCUT2D eigenvalue weighted by Crippen LogP contribution is -2.46. The topological polar surface area (TPSA) is 59.8 Å². The Kier molecular flexibility index (Phi) is 4.95. The maximum absolute atomic E-state index is 13.3. The summed E-state index contributed by atoms with van der Waals surface area (Å²) >= 11 is 0. The summed E-state index contributed by atoms with van der Waals surface area (Å²) in [7, 11) is -1.01. The molecule has 5 rings (SSSR count). The molecule has 2 aliphatic rings. The molecule has 6 heteroatoms. The quantitative estimate of drug-likeness (QED) is 0.629. The number of nitrogens with one attached hydrogen (secondary N) is 1.